The first-order chi connectivity index (χ1) is 27.8. The number of rotatable bonds is 11. The van der Waals surface area contributed by atoms with Crippen LogP contribution in [0.3, 0.4) is 0 Å². The summed E-state index contributed by atoms with van der Waals surface area (Å²) in [6.07, 6.45) is 4.45. The highest BCUT2D eigenvalue weighted by Gasteiger charge is 2.60. The molecule has 0 radical (unpaired) electrons. The van der Waals surface area contributed by atoms with Crippen molar-refractivity contribution in [3.05, 3.63) is 37.1 Å². The quantitative estimate of drug-likeness (QED) is 0.223. The monoisotopic (exact) mass is 825 g/mol. The predicted octanol–water partition coefficient (Wildman–Crippen LogP) is 5.49. The number of carbonyl (C=O) groups is 4. The molecule has 14 atom stereocenters. The number of esters is 1. The summed E-state index contributed by atoms with van der Waals surface area (Å²) < 4.78 is 33.3. The van der Waals surface area contributed by atoms with E-state index in [-0.39, 0.29) is 43.4 Å². The number of aromatic nitrogens is 3. The number of amides is 1. The van der Waals surface area contributed by atoms with Crippen LogP contribution >= 0.6 is 0 Å². The van der Waals surface area contributed by atoms with Crippen molar-refractivity contribution >= 4 is 23.6 Å². The van der Waals surface area contributed by atoms with Crippen LogP contribution in [0.4, 0.5) is 4.79 Å². The lowest BCUT2D eigenvalue weighted by molar-refractivity contribution is -0.295. The van der Waals surface area contributed by atoms with E-state index in [9.17, 15) is 24.3 Å². The normalized spacial score (nSPS) is 36.8. The standard InChI is InChI=1S/C44H67N5O10/c1-13-34-44(9)38(49(42(54)59-44)19-15-16-26(3)48-23-32(46-24-48)31-17-14-18-45-22-31)28(5)35(50)25(2)21-43(8,55-12)39(29(6)36(51)30(7)40(53)57-34)58-41-37(52)33(47(10)11)20-27(4)56-41/h14,17-18,22-30,33-34,37-39,41,52H,13,15-16,19-21H2,1-12H3/t25-,26?,27-,28+,29+,30-,33+,34-,37-,38+,39-,41?,43-,44-/m1/s1. The summed E-state index contributed by atoms with van der Waals surface area (Å²) in [5.74, 6) is -4.97. The molecule has 2 aromatic rings. The highest BCUT2D eigenvalue weighted by molar-refractivity contribution is 6.00. The molecule has 15 heteroatoms. The summed E-state index contributed by atoms with van der Waals surface area (Å²) in [6.45, 7) is 16.4. The number of aliphatic hydroxyl groups excluding tert-OH is 1. The fraction of sp³-hybridized carbons (Fsp3) is 0.727. The van der Waals surface area contributed by atoms with Crippen LogP contribution in [0.2, 0.25) is 0 Å². The second kappa shape index (κ2) is 18.9. The van der Waals surface area contributed by atoms with Gasteiger partial charge in [-0.05, 0) is 93.0 Å². The van der Waals surface area contributed by atoms with E-state index in [4.69, 9.17) is 23.7 Å². The first-order valence-corrected chi connectivity index (χ1v) is 21.2. The Morgan fingerprint density at radius 1 is 1.07 bits per heavy atom. The Morgan fingerprint density at radius 2 is 1.78 bits per heavy atom. The number of methoxy groups -OCH3 is 1. The zero-order chi connectivity index (χ0) is 43.6. The smallest absolute Gasteiger partial charge is 0.410 e. The number of cyclic esters (lactones) is 1. The Labute approximate surface area is 349 Å². The number of hydrogen-bond acceptors (Lipinski definition) is 13. The maximum absolute atomic E-state index is 14.8. The largest absolute Gasteiger partial charge is 0.458 e. The predicted molar refractivity (Wildman–Crippen MR) is 219 cm³/mol. The van der Waals surface area contributed by atoms with Gasteiger partial charge in [0.1, 0.15) is 23.9 Å². The molecule has 59 heavy (non-hydrogen) atoms. The molecule has 15 nitrogen and oxygen atoms in total. The number of ketones is 2. The van der Waals surface area contributed by atoms with Gasteiger partial charge in [-0.1, -0.05) is 27.7 Å². The number of aliphatic hydroxyl groups is 1. The number of pyridine rings is 1. The van der Waals surface area contributed by atoms with Gasteiger partial charge in [0.15, 0.2) is 17.7 Å². The number of hydrogen-bond donors (Lipinski definition) is 1. The summed E-state index contributed by atoms with van der Waals surface area (Å²) in [5, 5.41) is 11.5. The van der Waals surface area contributed by atoms with Crippen molar-refractivity contribution in [3.63, 3.8) is 0 Å². The van der Waals surface area contributed by atoms with Crippen molar-refractivity contribution in [2.45, 2.75) is 154 Å². The van der Waals surface area contributed by atoms with Crippen molar-refractivity contribution in [2.75, 3.05) is 27.7 Å². The average molecular weight is 826 g/mol. The molecular weight excluding hydrogens is 759 g/mol. The van der Waals surface area contributed by atoms with Gasteiger partial charge in [0.05, 0.1) is 35.9 Å². The van der Waals surface area contributed by atoms with Gasteiger partial charge in [0, 0.05) is 67.6 Å². The third-order valence-electron chi connectivity index (χ3n) is 13.2. The van der Waals surface area contributed by atoms with Crippen LogP contribution in [0, 0.1) is 23.7 Å². The molecular formula is C44H67N5O10. The topological polar surface area (TPSA) is 172 Å². The minimum absolute atomic E-state index is 0.0470. The highest BCUT2D eigenvalue weighted by atomic mass is 16.7. The third kappa shape index (κ3) is 9.59. The third-order valence-corrected chi connectivity index (χ3v) is 13.2. The van der Waals surface area contributed by atoms with E-state index in [2.05, 4.69) is 16.9 Å². The van der Waals surface area contributed by atoms with Crippen molar-refractivity contribution < 1.29 is 48.0 Å². The van der Waals surface area contributed by atoms with Gasteiger partial charge in [-0.2, -0.15) is 0 Å². The molecule has 3 aliphatic heterocycles. The molecule has 5 heterocycles. The maximum atomic E-state index is 14.8. The summed E-state index contributed by atoms with van der Waals surface area (Å²) in [6, 6.07) is 2.79. The van der Waals surface area contributed by atoms with Gasteiger partial charge >= 0.3 is 12.1 Å². The van der Waals surface area contributed by atoms with E-state index in [1.54, 1.807) is 51.3 Å². The van der Waals surface area contributed by atoms with E-state index in [1.807, 2.05) is 62.7 Å². The van der Waals surface area contributed by atoms with E-state index < -0.39 is 83.4 Å². The first kappa shape index (κ1) is 46.3. The maximum Gasteiger partial charge on any atom is 0.410 e. The molecule has 5 rings (SSSR count). The van der Waals surface area contributed by atoms with Crippen LogP contribution in [0.5, 0.6) is 0 Å². The van der Waals surface area contributed by atoms with Gasteiger partial charge in [0.25, 0.3) is 0 Å². The van der Waals surface area contributed by atoms with Gasteiger partial charge < -0.3 is 43.2 Å². The van der Waals surface area contributed by atoms with Crippen LogP contribution in [-0.4, -0.2) is 135 Å². The molecule has 2 aromatic heterocycles. The SMILES string of the molecule is CC[C@H]1OC(=O)[C@H](C)C(=O)[C@H](C)[C@@H](OC2O[C@H](C)C[C@H](N(C)C)[C@H]2O)[C@](C)(OC)C[C@@H](C)C(=O)[C@H](C)[C@@H]2N(CCCC(C)n3cnc(-c4cccnc4)c3)C(=O)O[C@@]21C. The van der Waals surface area contributed by atoms with Crippen molar-refractivity contribution in [1.82, 2.24) is 24.3 Å². The molecule has 0 bridgehead atoms. The molecule has 3 fully saturated rings. The molecule has 0 aromatic carbocycles. The Kier molecular flexibility index (Phi) is 14.8. The van der Waals surface area contributed by atoms with Gasteiger partial charge in [-0.25, -0.2) is 9.78 Å². The molecule has 0 aliphatic carbocycles. The van der Waals surface area contributed by atoms with Crippen LogP contribution < -0.4 is 0 Å². The van der Waals surface area contributed by atoms with Crippen LogP contribution in [0.15, 0.2) is 37.1 Å². The Bertz CT molecular complexity index is 1770. The Balaban J connectivity index is 1.45. The molecule has 1 amide bonds. The van der Waals surface area contributed by atoms with Crippen molar-refractivity contribution in [1.29, 1.82) is 0 Å². The molecule has 0 saturated carbocycles. The van der Waals surface area contributed by atoms with E-state index in [1.165, 1.54) is 14.0 Å². The minimum atomic E-state index is -1.41. The number of nitrogens with zero attached hydrogens (tertiary/aromatic N) is 5. The second-order valence-corrected chi connectivity index (χ2v) is 17.8. The Hall–Kier alpha value is -3.76. The van der Waals surface area contributed by atoms with E-state index in [0.29, 0.717) is 19.3 Å². The molecule has 2 unspecified atom stereocenters. The Morgan fingerprint density at radius 3 is 2.41 bits per heavy atom. The molecule has 3 saturated heterocycles. The second-order valence-electron chi connectivity index (χ2n) is 17.8. The number of fused-ring (bicyclic) bond motifs is 1. The van der Waals surface area contributed by atoms with Gasteiger partial charge in [0.2, 0.25) is 0 Å². The number of ether oxygens (including phenoxy) is 5. The van der Waals surface area contributed by atoms with Crippen LogP contribution in [0.25, 0.3) is 11.3 Å². The van der Waals surface area contributed by atoms with Crippen molar-refractivity contribution in [3.8, 4) is 11.3 Å². The van der Waals surface area contributed by atoms with E-state index >= 15 is 0 Å². The fourth-order valence-corrected chi connectivity index (χ4v) is 9.66. The number of Topliss-reactive ketones (excluding diaryl/α,β-unsaturated/α-hetero) is 2. The van der Waals surface area contributed by atoms with Crippen LogP contribution in [-0.2, 0) is 38.1 Å². The highest BCUT2D eigenvalue weighted by Crippen LogP contribution is 2.43. The number of likely N-dealkylation sites (N-methyl/N-ethyl adjacent to an activating group) is 1. The molecule has 328 valence electrons. The van der Waals surface area contributed by atoms with Crippen LogP contribution in [0.1, 0.15) is 100 Å². The summed E-state index contributed by atoms with van der Waals surface area (Å²) >= 11 is 0. The fourth-order valence-electron chi connectivity index (χ4n) is 9.66. The lowest BCUT2D eigenvalue weighted by atomic mass is 9.73. The summed E-state index contributed by atoms with van der Waals surface area (Å²) in [4.78, 5) is 69.3. The molecule has 1 N–H and O–H groups in total. The van der Waals surface area contributed by atoms with Gasteiger partial charge in [-0.15, -0.1) is 0 Å². The van der Waals surface area contributed by atoms with E-state index in [0.717, 1.165) is 11.3 Å². The zero-order valence-electron chi connectivity index (χ0n) is 37.0. The lowest BCUT2D eigenvalue weighted by Crippen LogP contribution is -2.60. The number of imidazole rings is 1. The number of carbonyl (C=O) groups excluding carboxylic acids is 4. The van der Waals surface area contributed by atoms with Gasteiger partial charge in [-0.3, -0.25) is 19.4 Å². The summed E-state index contributed by atoms with van der Waals surface area (Å²) in [7, 11) is 5.24. The lowest BCUT2D eigenvalue weighted by Gasteiger charge is -2.47. The first-order valence-electron chi connectivity index (χ1n) is 21.2. The summed E-state index contributed by atoms with van der Waals surface area (Å²) in [5.41, 5.74) is -0.956. The minimum Gasteiger partial charge on any atom is -0.458 e. The average Bonchev–Trinajstić information content (AvgIpc) is 3.81. The molecule has 3 aliphatic rings. The zero-order valence-corrected chi connectivity index (χ0v) is 37.0. The van der Waals surface area contributed by atoms with Crippen molar-refractivity contribution in [2.24, 2.45) is 23.7 Å². The molecule has 0 spiro atoms.